The molecule has 1 heterocycles. The number of rotatable bonds is 5. The molecule has 2 N–H and O–H groups in total. The smallest absolute Gasteiger partial charge is 0.107 e. The minimum atomic E-state index is 0.0612. The lowest BCUT2D eigenvalue weighted by Crippen LogP contribution is -2.37. The fraction of sp³-hybridized carbons (Fsp3) is 0.765. The molecule has 1 aliphatic carbocycles. The lowest BCUT2D eigenvalue weighted by Gasteiger charge is -2.40. The summed E-state index contributed by atoms with van der Waals surface area (Å²) in [4.78, 5) is 1.27. The minimum absolute atomic E-state index is 0.0612. The van der Waals surface area contributed by atoms with Crippen molar-refractivity contribution in [1.82, 2.24) is 0 Å². The molecule has 3 heteroatoms. The van der Waals surface area contributed by atoms with Gasteiger partial charge in [0.2, 0.25) is 0 Å². The zero-order valence-electron chi connectivity index (χ0n) is 13.3. The van der Waals surface area contributed by atoms with Gasteiger partial charge in [-0.05, 0) is 48.5 Å². The summed E-state index contributed by atoms with van der Waals surface area (Å²) in [5.41, 5.74) is 6.70. The van der Waals surface area contributed by atoms with Crippen LogP contribution in [-0.4, -0.2) is 12.1 Å². The molecular weight excluding hydrogens is 266 g/mol. The summed E-state index contributed by atoms with van der Waals surface area (Å²) in [5, 5.41) is 2.11. The lowest BCUT2D eigenvalue weighted by atomic mass is 9.71. The maximum atomic E-state index is 6.48. The van der Waals surface area contributed by atoms with Gasteiger partial charge in [0.15, 0.2) is 0 Å². The van der Waals surface area contributed by atoms with Crippen molar-refractivity contribution < 1.29 is 4.74 Å². The lowest BCUT2D eigenvalue weighted by molar-refractivity contribution is -0.0747. The van der Waals surface area contributed by atoms with Gasteiger partial charge in [0.05, 0.1) is 6.10 Å². The van der Waals surface area contributed by atoms with E-state index < -0.39 is 0 Å². The van der Waals surface area contributed by atoms with Gasteiger partial charge in [0.25, 0.3) is 0 Å². The molecule has 0 aliphatic heterocycles. The SMILES string of the molecule is CCC(N)C(OC1CC(C)CC(C)(C)C1)c1cccs1. The Balaban J connectivity index is 2.08. The van der Waals surface area contributed by atoms with Gasteiger partial charge < -0.3 is 10.5 Å². The molecule has 2 rings (SSSR count). The second-order valence-corrected chi connectivity index (χ2v) is 8.16. The summed E-state index contributed by atoms with van der Waals surface area (Å²) < 4.78 is 6.48. The van der Waals surface area contributed by atoms with Gasteiger partial charge in [-0.15, -0.1) is 11.3 Å². The van der Waals surface area contributed by atoms with E-state index in [1.165, 1.54) is 17.7 Å². The summed E-state index contributed by atoms with van der Waals surface area (Å²) >= 11 is 1.76. The van der Waals surface area contributed by atoms with Crippen LogP contribution in [0.5, 0.6) is 0 Å². The highest BCUT2D eigenvalue weighted by atomic mass is 32.1. The maximum Gasteiger partial charge on any atom is 0.107 e. The molecule has 0 spiro atoms. The zero-order valence-corrected chi connectivity index (χ0v) is 14.1. The molecule has 4 unspecified atom stereocenters. The molecule has 1 aromatic heterocycles. The van der Waals surface area contributed by atoms with Crippen LogP contribution in [0.1, 0.15) is 64.4 Å². The van der Waals surface area contributed by atoms with Crippen LogP contribution in [0, 0.1) is 11.3 Å². The molecule has 0 aromatic carbocycles. The normalized spacial score (nSPS) is 29.1. The van der Waals surface area contributed by atoms with E-state index >= 15 is 0 Å². The fourth-order valence-corrected chi connectivity index (χ4v) is 4.45. The van der Waals surface area contributed by atoms with Gasteiger partial charge >= 0.3 is 0 Å². The average Bonchev–Trinajstić information content (AvgIpc) is 2.86. The first-order valence-corrected chi connectivity index (χ1v) is 8.73. The zero-order chi connectivity index (χ0) is 14.8. The fourth-order valence-electron chi connectivity index (χ4n) is 3.62. The van der Waals surface area contributed by atoms with E-state index in [1.54, 1.807) is 11.3 Å². The van der Waals surface area contributed by atoms with E-state index in [9.17, 15) is 0 Å². The van der Waals surface area contributed by atoms with Gasteiger partial charge in [-0.25, -0.2) is 0 Å². The molecule has 0 radical (unpaired) electrons. The number of hydrogen-bond donors (Lipinski definition) is 1. The Labute approximate surface area is 127 Å². The molecule has 0 bridgehead atoms. The van der Waals surface area contributed by atoms with Crippen molar-refractivity contribution in [3.63, 3.8) is 0 Å². The molecular formula is C17H29NOS. The summed E-state index contributed by atoms with van der Waals surface area (Å²) in [6.07, 6.45) is 4.98. The van der Waals surface area contributed by atoms with Crippen LogP contribution >= 0.6 is 11.3 Å². The van der Waals surface area contributed by atoms with Crippen LogP contribution in [0.2, 0.25) is 0 Å². The van der Waals surface area contributed by atoms with Gasteiger partial charge in [-0.2, -0.15) is 0 Å². The monoisotopic (exact) mass is 295 g/mol. The van der Waals surface area contributed by atoms with Crippen molar-refractivity contribution in [2.24, 2.45) is 17.1 Å². The first-order valence-electron chi connectivity index (χ1n) is 7.85. The van der Waals surface area contributed by atoms with Crippen LogP contribution < -0.4 is 5.73 Å². The molecule has 1 aliphatic rings. The molecule has 20 heavy (non-hydrogen) atoms. The molecule has 2 nitrogen and oxygen atoms in total. The molecule has 114 valence electrons. The number of nitrogens with two attached hydrogens (primary N) is 1. The summed E-state index contributed by atoms with van der Waals surface area (Å²) in [6, 6.07) is 4.34. The molecule has 0 saturated heterocycles. The third-order valence-corrected chi connectivity index (χ3v) is 5.30. The number of ether oxygens (including phenoxy) is 1. The van der Waals surface area contributed by atoms with Gasteiger partial charge in [-0.1, -0.05) is 33.8 Å². The van der Waals surface area contributed by atoms with Crippen molar-refractivity contribution in [2.45, 2.75) is 71.6 Å². The Bertz CT molecular complexity index is 401. The summed E-state index contributed by atoms with van der Waals surface area (Å²) in [5.74, 6) is 0.741. The van der Waals surface area contributed by atoms with Gasteiger partial charge in [-0.3, -0.25) is 0 Å². The van der Waals surface area contributed by atoms with Gasteiger partial charge in [0, 0.05) is 10.9 Å². The predicted octanol–water partition coefficient (Wildman–Crippen LogP) is 4.76. The molecule has 1 saturated carbocycles. The molecule has 0 amide bonds. The second-order valence-electron chi connectivity index (χ2n) is 7.18. The van der Waals surface area contributed by atoms with E-state index in [-0.39, 0.29) is 12.1 Å². The Morgan fingerprint density at radius 1 is 1.45 bits per heavy atom. The highest BCUT2D eigenvalue weighted by Crippen LogP contribution is 2.41. The maximum absolute atomic E-state index is 6.48. The Morgan fingerprint density at radius 2 is 2.20 bits per heavy atom. The van der Waals surface area contributed by atoms with Crippen LogP contribution in [-0.2, 0) is 4.74 Å². The average molecular weight is 295 g/mol. The van der Waals surface area contributed by atoms with Crippen LogP contribution in [0.4, 0.5) is 0 Å². The van der Waals surface area contributed by atoms with E-state index in [0.29, 0.717) is 11.5 Å². The van der Waals surface area contributed by atoms with E-state index in [2.05, 4.69) is 45.2 Å². The summed E-state index contributed by atoms with van der Waals surface area (Å²) in [6.45, 7) is 9.21. The van der Waals surface area contributed by atoms with Gasteiger partial charge in [0.1, 0.15) is 6.10 Å². The Hall–Kier alpha value is -0.380. The first kappa shape index (κ1) is 16.0. The largest absolute Gasteiger partial charge is 0.368 e. The minimum Gasteiger partial charge on any atom is -0.368 e. The topological polar surface area (TPSA) is 35.2 Å². The molecule has 1 fully saturated rings. The van der Waals surface area contributed by atoms with E-state index in [0.717, 1.165) is 18.8 Å². The summed E-state index contributed by atoms with van der Waals surface area (Å²) in [7, 11) is 0. The van der Waals surface area contributed by atoms with E-state index in [1.807, 2.05) is 0 Å². The van der Waals surface area contributed by atoms with Crippen molar-refractivity contribution in [3.8, 4) is 0 Å². The standard InChI is InChI=1S/C17H29NOS/c1-5-14(18)16(15-7-6-8-20-15)19-13-9-12(2)10-17(3,4)11-13/h6-8,12-14,16H,5,9-11,18H2,1-4H3. The quantitative estimate of drug-likeness (QED) is 0.850. The first-order chi connectivity index (χ1) is 9.41. The van der Waals surface area contributed by atoms with Crippen LogP contribution in [0.25, 0.3) is 0 Å². The molecule has 1 aromatic rings. The highest BCUT2D eigenvalue weighted by Gasteiger charge is 2.35. The third kappa shape index (κ3) is 4.06. The van der Waals surface area contributed by atoms with Crippen LogP contribution in [0.15, 0.2) is 17.5 Å². The predicted molar refractivity (Wildman–Crippen MR) is 87.0 cm³/mol. The van der Waals surface area contributed by atoms with Crippen molar-refractivity contribution >= 4 is 11.3 Å². The van der Waals surface area contributed by atoms with E-state index in [4.69, 9.17) is 10.5 Å². The van der Waals surface area contributed by atoms with Crippen LogP contribution in [0.3, 0.4) is 0 Å². The molecule has 4 atom stereocenters. The highest BCUT2D eigenvalue weighted by molar-refractivity contribution is 7.10. The van der Waals surface area contributed by atoms with Crippen molar-refractivity contribution in [3.05, 3.63) is 22.4 Å². The third-order valence-electron chi connectivity index (χ3n) is 4.37. The Kier molecular flexibility index (Phi) is 5.27. The Morgan fingerprint density at radius 3 is 2.75 bits per heavy atom. The van der Waals surface area contributed by atoms with Crippen molar-refractivity contribution in [2.75, 3.05) is 0 Å². The van der Waals surface area contributed by atoms with Crippen molar-refractivity contribution in [1.29, 1.82) is 0 Å². The number of hydrogen-bond acceptors (Lipinski definition) is 3. The second kappa shape index (κ2) is 6.59. The number of thiophene rings is 1.